The number of carbonyl (C=O) groups is 3. The summed E-state index contributed by atoms with van der Waals surface area (Å²) in [6.07, 6.45) is 4.23. The zero-order chi connectivity index (χ0) is 12.8. The minimum Gasteiger partial charge on any atom is -0.340 e. The number of hydrogen-bond donors (Lipinski definition) is 2. The zero-order valence-electron chi connectivity index (χ0n) is 10.2. The molecule has 0 aromatic carbocycles. The average molecular weight is 251 g/mol. The van der Waals surface area contributed by atoms with Gasteiger partial charge in [-0.1, -0.05) is 0 Å². The van der Waals surface area contributed by atoms with E-state index in [-0.39, 0.29) is 11.8 Å². The molecule has 6 heteroatoms. The predicted octanol–water partition coefficient (Wildman–Crippen LogP) is -0.0129. The molecule has 2 N–H and O–H groups in total. The third-order valence-corrected chi connectivity index (χ3v) is 4.02. The molecule has 1 atom stereocenters. The number of rotatable bonds is 2. The van der Waals surface area contributed by atoms with Crippen LogP contribution in [0.2, 0.25) is 0 Å². The van der Waals surface area contributed by atoms with Gasteiger partial charge in [0, 0.05) is 13.0 Å². The Morgan fingerprint density at radius 2 is 2.17 bits per heavy atom. The fourth-order valence-corrected chi connectivity index (χ4v) is 2.78. The van der Waals surface area contributed by atoms with Crippen molar-refractivity contribution in [3.8, 4) is 0 Å². The van der Waals surface area contributed by atoms with Crippen LogP contribution < -0.4 is 10.6 Å². The lowest BCUT2D eigenvalue weighted by Gasteiger charge is -2.38. The van der Waals surface area contributed by atoms with Gasteiger partial charge in [0.05, 0.1) is 6.54 Å². The highest BCUT2D eigenvalue weighted by molar-refractivity contribution is 6.07. The molecule has 18 heavy (non-hydrogen) atoms. The first-order valence-corrected chi connectivity index (χ1v) is 6.50. The van der Waals surface area contributed by atoms with Crippen molar-refractivity contribution in [1.82, 2.24) is 15.5 Å². The molecule has 3 rings (SSSR count). The van der Waals surface area contributed by atoms with Crippen LogP contribution in [0.5, 0.6) is 0 Å². The minimum atomic E-state index is -0.880. The van der Waals surface area contributed by atoms with Gasteiger partial charge >= 0.3 is 6.03 Å². The average Bonchev–Trinajstić information content (AvgIpc) is 3.08. The minimum absolute atomic E-state index is 0.116. The van der Waals surface area contributed by atoms with Crippen LogP contribution in [-0.2, 0) is 9.59 Å². The van der Waals surface area contributed by atoms with E-state index in [9.17, 15) is 14.4 Å². The number of hydrogen-bond acceptors (Lipinski definition) is 3. The summed E-state index contributed by atoms with van der Waals surface area (Å²) in [7, 11) is 0. The maximum atomic E-state index is 12.1. The maximum absolute atomic E-state index is 12.1. The van der Waals surface area contributed by atoms with E-state index in [0.717, 1.165) is 19.3 Å². The molecular weight excluding hydrogens is 234 g/mol. The smallest absolute Gasteiger partial charge is 0.322 e. The number of piperidine rings is 1. The van der Waals surface area contributed by atoms with E-state index < -0.39 is 11.6 Å². The normalized spacial score (nSPS) is 31.4. The number of carbonyl (C=O) groups excluding carboxylic acids is 3. The predicted molar refractivity (Wildman–Crippen MR) is 62.6 cm³/mol. The molecule has 0 bridgehead atoms. The summed E-state index contributed by atoms with van der Waals surface area (Å²) in [4.78, 5) is 36.9. The molecule has 0 aromatic heterocycles. The maximum Gasteiger partial charge on any atom is 0.322 e. The SMILES string of the molecule is O=C1NC(=O)C2(CCCN(C(=O)CC3CC3)C2)N1. The number of nitrogens with zero attached hydrogens (tertiary/aromatic N) is 1. The van der Waals surface area contributed by atoms with Crippen molar-refractivity contribution < 1.29 is 14.4 Å². The molecule has 98 valence electrons. The summed E-state index contributed by atoms with van der Waals surface area (Å²) >= 11 is 0. The molecule has 0 aromatic rings. The fraction of sp³-hybridized carbons (Fsp3) is 0.750. The molecule has 6 nitrogen and oxygen atoms in total. The Balaban J connectivity index is 1.69. The van der Waals surface area contributed by atoms with Gasteiger partial charge in [-0.2, -0.15) is 0 Å². The lowest BCUT2D eigenvalue weighted by atomic mass is 9.89. The second-order valence-corrected chi connectivity index (χ2v) is 5.56. The molecule has 2 heterocycles. The Kier molecular flexibility index (Phi) is 2.53. The summed E-state index contributed by atoms with van der Waals surface area (Å²) in [5.74, 6) is 0.365. The molecule has 4 amide bonds. The van der Waals surface area contributed by atoms with Crippen LogP contribution in [-0.4, -0.2) is 41.4 Å². The first-order valence-electron chi connectivity index (χ1n) is 6.50. The first-order chi connectivity index (χ1) is 8.59. The van der Waals surface area contributed by atoms with E-state index in [4.69, 9.17) is 0 Å². The van der Waals surface area contributed by atoms with Crippen molar-refractivity contribution in [2.75, 3.05) is 13.1 Å². The monoisotopic (exact) mass is 251 g/mol. The molecule has 1 spiro atoms. The van der Waals surface area contributed by atoms with Crippen LogP contribution in [0.25, 0.3) is 0 Å². The Morgan fingerprint density at radius 1 is 1.39 bits per heavy atom. The lowest BCUT2D eigenvalue weighted by molar-refractivity contribution is -0.136. The standard InChI is InChI=1S/C12H17N3O3/c16-9(6-8-2-3-8)15-5-1-4-12(7-15)10(17)13-11(18)14-12/h8H,1-7H2,(H2,13,14,17,18). The van der Waals surface area contributed by atoms with E-state index >= 15 is 0 Å². The van der Waals surface area contributed by atoms with E-state index in [1.807, 2.05) is 0 Å². The Morgan fingerprint density at radius 3 is 2.78 bits per heavy atom. The molecule has 2 saturated heterocycles. The largest absolute Gasteiger partial charge is 0.340 e. The summed E-state index contributed by atoms with van der Waals surface area (Å²) < 4.78 is 0. The van der Waals surface area contributed by atoms with Crippen LogP contribution in [0.4, 0.5) is 4.79 Å². The van der Waals surface area contributed by atoms with Gasteiger partial charge in [0.15, 0.2) is 0 Å². The van der Waals surface area contributed by atoms with Crippen LogP contribution in [0.1, 0.15) is 32.1 Å². The van der Waals surface area contributed by atoms with E-state index in [2.05, 4.69) is 10.6 Å². The van der Waals surface area contributed by atoms with Crippen LogP contribution in [0.15, 0.2) is 0 Å². The van der Waals surface area contributed by atoms with Crippen molar-refractivity contribution in [2.24, 2.45) is 5.92 Å². The lowest BCUT2D eigenvalue weighted by Crippen LogP contribution is -2.59. The van der Waals surface area contributed by atoms with Crippen LogP contribution >= 0.6 is 0 Å². The van der Waals surface area contributed by atoms with Crippen molar-refractivity contribution >= 4 is 17.8 Å². The number of imide groups is 1. The Hall–Kier alpha value is -1.59. The zero-order valence-corrected chi connectivity index (χ0v) is 10.2. The number of urea groups is 1. The third-order valence-electron chi connectivity index (χ3n) is 4.02. The first kappa shape index (κ1) is 11.5. The Labute approximate surface area is 105 Å². The highest BCUT2D eigenvalue weighted by Gasteiger charge is 2.49. The molecule has 3 aliphatic rings. The second kappa shape index (κ2) is 3.96. The molecule has 2 aliphatic heterocycles. The van der Waals surface area contributed by atoms with E-state index in [1.54, 1.807) is 4.90 Å². The number of amides is 4. The van der Waals surface area contributed by atoms with Gasteiger partial charge < -0.3 is 10.2 Å². The molecule has 1 aliphatic carbocycles. The summed E-state index contributed by atoms with van der Waals surface area (Å²) in [5, 5.41) is 4.94. The van der Waals surface area contributed by atoms with Gasteiger partial charge in [-0.15, -0.1) is 0 Å². The molecule has 3 fully saturated rings. The van der Waals surface area contributed by atoms with Crippen LogP contribution in [0.3, 0.4) is 0 Å². The van der Waals surface area contributed by atoms with Gasteiger partial charge in [0.25, 0.3) is 5.91 Å². The highest BCUT2D eigenvalue weighted by atomic mass is 16.2. The second-order valence-electron chi connectivity index (χ2n) is 5.56. The van der Waals surface area contributed by atoms with Crippen molar-refractivity contribution in [2.45, 2.75) is 37.6 Å². The Bertz CT molecular complexity index is 419. The van der Waals surface area contributed by atoms with Crippen molar-refractivity contribution in [3.05, 3.63) is 0 Å². The van der Waals surface area contributed by atoms with Gasteiger partial charge in [0.1, 0.15) is 5.54 Å². The molecule has 1 saturated carbocycles. The van der Waals surface area contributed by atoms with Gasteiger partial charge in [-0.3, -0.25) is 14.9 Å². The van der Waals surface area contributed by atoms with Crippen molar-refractivity contribution in [1.29, 1.82) is 0 Å². The van der Waals surface area contributed by atoms with Crippen LogP contribution in [0, 0.1) is 5.92 Å². The highest BCUT2D eigenvalue weighted by Crippen LogP contribution is 2.34. The van der Waals surface area contributed by atoms with Gasteiger partial charge in [-0.25, -0.2) is 4.79 Å². The number of nitrogens with one attached hydrogen (secondary N) is 2. The third kappa shape index (κ3) is 1.95. The van der Waals surface area contributed by atoms with E-state index in [0.29, 0.717) is 31.8 Å². The quantitative estimate of drug-likeness (QED) is 0.677. The van der Waals surface area contributed by atoms with E-state index in [1.165, 1.54) is 0 Å². The summed E-state index contributed by atoms with van der Waals surface area (Å²) in [6.45, 7) is 1.01. The molecule has 1 unspecified atom stereocenters. The topological polar surface area (TPSA) is 78.5 Å². The van der Waals surface area contributed by atoms with Gasteiger partial charge in [0.2, 0.25) is 5.91 Å². The summed E-state index contributed by atoms with van der Waals surface area (Å²) in [5.41, 5.74) is -0.880. The van der Waals surface area contributed by atoms with Gasteiger partial charge in [-0.05, 0) is 31.6 Å². The summed E-state index contributed by atoms with van der Waals surface area (Å²) in [6, 6.07) is -0.448. The molecule has 0 radical (unpaired) electrons. The fourth-order valence-electron chi connectivity index (χ4n) is 2.78. The number of likely N-dealkylation sites (tertiary alicyclic amines) is 1. The molecular formula is C12H17N3O3. The van der Waals surface area contributed by atoms with Crippen molar-refractivity contribution in [3.63, 3.8) is 0 Å².